The van der Waals surface area contributed by atoms with Crippen LogP contribution in [0.1, 0.15) is 5.56 Å². The smallest absolute Gasteiger partial charge is 0.143 e. The Morgan fingerprint density at radius 3 is 3.38 bits per heavy atom. The van der Waals surface area contributed by atoms with Crippen molar-refractivity contribution in [1.29, 1.82) is 5.26 Å². The van der Waals surface area contributed by atoms with E-state index in [4.69, 9.17) is 10.00 Å². The number of hydrogen-bond donors (Lipinski definition) is 2. The Morgan fingerprint density at radius 2 is 2.62 bits per heavy atom. The van der Waals surface area contributed by atoms with Crippen molar-refractivity contribution in [2.75, 3.05) is 31.6 Å². The summed E-state index contributed by atoms with van der Waals surface area (Å²) in [6.07, 6.45) is 1.67. The van der Waals surface area contributed by atoms with E-state index in [2.05, 4.69) is 21.7 Å². The Kier molecular flexibility index (Phi) is 3.70. The van der Waals surface area contributed by atoms with E-state index in [1.165, 1.54) is 0 Å². The molecule has 0 aliphatic carbocycles. The van der Waals surface area contributed by atoms with Gasteiger partial charge in [-0.15, -0.1) is 0 Å². The first-order valence-electron chi connectivity index (χ1n) is 5.30. The van der Waals surface area contributed by atoms with Gasteiger partial charge in [-0.25, -0.2) is 4.98 Å². The molecule has 0 amide bonds. The summed E-state index contributed by atoms with van der Waals surface area (Å²) >= 11 is 0. The van der Waals surface area contributed by atoms with Gasteiger partial charge in [0.25, 0.3) is 0 Å². The minimum absolute atomic E-state index is 0.280. The fourth-order valence-corrected chi connectivity index (χ4v) is 1.61. The number of ether oxygens (including phenoxy) is 1. The number of hydrogen-bond acceptors (Lipinski definition) is 5. The second kappa shape index (κ2) is 5.45. The summed E-state index contributed by atoms with van der Waals surface area (Å²) in [5, 5.41) is 15.4. The van der Waals surface area contributed by atoms with Gasteiger partial charge in [0.2, 0.25) is 0 Å². The number of nitrogens with zero attached hydrogens (tertiary/aromatic N) is 2. The van der Waals surface area contributed by atoms with Gasteiger partial charge >= 0.3 is 0 Å². The van der Waals surface area contributed by atoms with Crippen molar-refractivity contribution in [3.8, 4) is 6.07 Å². The maximum absolute atomic E-state index is 8.89. The average molecular weight is 218 g/mol. The fraction of sp³-hybridized carbons (Fsp3) is 0.455. The molecule has 2 heterocycles. The molecular formula is C11H14N4O. The molecule has 2 N–H and O–H groups in total. The van der Waals surface area contributed by atoms with E-state index in [1.807, 2.05) is 0 Å². The van der Waals surface area contributed by atoms with E-state index in [9.17, 15) is 0 Å². The Morgan fingerprint density at radius 1 is 1.69 bits per heavy atom. The summed E-state index contributed by atoms with van der Waals surface area (Å²) in [6.45, 7) is 3.05. The highest BCUT2D eigenvalue weighted by Gasteiger charge is 2.13. The van der Waals surface area contributed by atoms with Gasteiger partial charge in [0, 0.05) is 25.3 Å². The third kappa shape index (κ3) is 2.69. The van der Waals surface area contributed by atoms with Crippen molar-refractivity contribution in [3.63, 3.8) is 0 Å². The molecule has 2 rings (SSSR count). The lowest BCUT2D eigenvalue weighted by atomic mass is 10.2. The van der Waals surface area contributed by atoms with Crippen molar-refractivity contribution in [1.82, 2.24) is 10.3 Å². The molecule has 84 valence electrons. The second-order valence-electron chi connectivity index (χ2n) is 3.62. The molecule has 0 spiro atoms. The molecule has 1 aliphatic rings. The Hall–Kier alpha value is -1.64. The monoisotopic (exact) mass is 218 g/mol. The van der Waals surface area contributed by atoms with Gasteiger partial charge in [0.05, 0.1) is 18.8 Å². The Bertz CT molecular complexity index is 382. The molecule has 1 aromatic rings. The highest BCUT2D eigenvalue weighted by atomic mass is 16.5. The van der Waals surface area contributed by atoms with Gasteiger partial charge in [-0.2, -0.15) is 5.26 Å². The zero-order chi connectivity index (χ0) is 11.2. The minimum atomic E-state index is 0.280. The first-order chi connectivity index (χ1) is 7.90. The summed E-state index contributed by atoms with van der Waals surface area (Å²) < 4.78 is 5.34. The molecule has 1 saturated heterocycles. The number of morpholine rings is 1. The minimum Gasteiger partial charge on any atom is -0.378 e. The zero-order valence-corrected chi connectivity index (χ0v) is 8.94. The van der Waals surface area contributed by atoms with Crippen LogP contribution in [0.4, 0.5) is 5.82 Å². The topological polar surface area (TPSA) is 70.0 Å². The maximum atomic E-state index is 8.89. The van der Waals surface area contributed by atoms with Crippen LogP contribution in [0.2, 0.25) is 0 Å². The van der Waals surface area contributed by atoms with Gasteiger partial charge in [-0.3, -0.25) is 0 Å². The Balaban J connectivity index is 1.91. The molecule has 1 aromatic heterocycles. The molecule has 16 heavy (non-hydrogen) atoms. The van der Waals surface area contributed by atoms with Crippen LogP contribution in [0.5, 0.6) is 0 Å². The van der Waals surface area contributed by atoms with E-state index in [-0.39, 0.29) is 6.04 Å². The highest BCUT2D eigenvalue weighted by Crippen LogP contribution is 2.09. The van der Waals surface area contributed by atoms with E-state index in [1.54, 1.807) is 18.3 Å². The molecule has 5 heteroatoms. The van der Waals surface area contributed by atoms with Crippen molar-refractivity contribution >= 4 is 5.82 Å². The van der Waals surface area contributed by atoms with Crippen LogP contribution in [-0.4, -0.2) is 37.3 Å². The zero-order valence-electron chi connectivity index (χ0n) is 8.94. The van der Waals surface area contributed by atoms with E-state index in [0.29, 0.717) is 24.5 Å². The SMILES string of the molecule is N#Cc1cccnc1NCC1COCCN1. The molecule has 1 aliphatic heterocycles. The summed E-state index contributed by atoms with van der Waals surface area (Å²) in [5.41, 5.74) is 0.569. The van der Waals surface area contributed by atoms with E-state index < -0.39 is 0 Å². The number of aromatic nitrogens is 1. The van der Waals surface area contributed by atoms with Gasteiger partial charge in [0.15, 0.2) is 0 Å². The number of rotatable bonds is 3. The van der Waals surface area contributed by atoms with Crippen LogP contribution in [0.15, 0.2) is 18.3 Å². The molecule has 0 aromatic carbocycles. The normalized spacial score (nSPS) is 20.1. The van der Waals surface area contributed by atoms with E-state index in [0.717, 1.165) is 13.2 Å². The standard InChI is InChI=1S/C11H14N4O/c12-6-9-2-1-3-14-11(9)15-7-10-8-16-5-4-13-10/h1-3,10,13H,4-5,7-8H2,(H,14,15). The summed E-state index contributed by atoms with van der Waals surface area (Å²) in [7, 11) is 0. The first-order valence-corrected chi connectivity index (χ1v) is 5.30. The highest BCUT2D eigenvalue weighted by molar-refractivity contribution is 5.51. The van der Waals surface area contributed by atoms with Gasteiger partial charge in [-0.1, -0.05) is 0 Å². The molecule has 0 radical (unpaired) electrons. The summed E-state index contributed by atoms with van der Waals surface area (Å²) in [5.74, 6) is 0.636. The van der Waals surface area contributed by atoms with Crippen molar-refractivity contribution in [3.05, 3.63) is 23.9 Å². The molecule has 1 fully saturated rings. The number of nitrogens with one attached hydrogen (secondary N) is 2. The molecule has 1 atom stereocenters. The molecular weight excluding hydrogens is 204 g/mol. The van der Waals surface area contributed by atoms with Gasteiger partial charge in [0.1, 0.15) is 11.9 Å². The Labute approximate surface area is 94.4 Å². The fourth-order valence-electron chi connectivity index (χ4n) is 1.61. The van der Waals surface area contributed by atoms with Gasteiger partial charge < -0.3 is 15.4 Å². The largest absolute Gasteiger partial charge is 0.378 e. The van der Waals surface area contributed by atoms with Crippen molar-refractivity contribution in [2.45, 2.75) is 6.04 Å². The average Bonchev–Trinajstić information content (AvgIpc) is 2.38. The second-order valence-corrected chi connectivity index (χ2v) is 3.62. The molecule has 1 unspecified atom stereocenters. The predicted molar refractivity (Wildman–Crippen MR) is 60.1 cm³/mol. The number of pyridine rings is 1. The van der Waals surface area contributed by atoms with Crippen LogP contribution < -0.4 is 10.6 Å². The van der Waals surface area contributed by atoms with Crippen LogP contribution in [0.25, 0.3) is 0 Å². The predicted octanol–water partition coefficient (Wildman–Crippen LogP) is 0.354. The van der Waals surface area contributed by atoms with E-state index >= 15 is 0 Å². The van der Waals surface area contributed by atoms with Crippen LogP contribution in [-0.2, 0) is 4.74 Å². The third-order valence-corrected chi connectivity index (χ3v) is 2.44. The number of nitriles is 1. The molecule has 5 nitrogen and oxygen atoms in total. The third-order valence-electron chi connectivity index (χ3n) is 2.44. The lowest BCUT2D eigenvalue weighted by Gasteiger charge is -2.24. The van der Waals surface area contributed by atoms with Crippen molar-refractivity contribution in [2.24, 2.45) is 0 Å². The van der Waals surface area contributed by atoms with Crippen molar-refractivity contribution < 1.29 is 4.74 Å². The lowest BCUT2D eigenvalue weighted by Crippen LogP contribution is -2.45. The van der Waals surface area contributed by atoms with Crippen LogP contribution in [0.3, 0.4) is 0 Å². The maximum Gasteiger partial charge on any atom is 0.143 e. The summed E-state index contributed by atoms with van der Waals surface area (Å²) in [6, 6.07) is 5.89. The molecule has 0 bridgehead atoms. The van der Waals surface area contributed by atoms with Gasteiger partial charge in [-0.05, 0) is 12.1 Å². The van der Waals surface area contributed by atoms with Crippen LogP contribution >= 0.6 is 0 Å². The summed E-state index contributed by atoms with van der Waals surface area (Å²) in [4.78, 5) is 4.13. The van der Waals surface area contributed by atoms with Crippen LogP contribution in [0, 0.1) is 11.3 Å². The molecule has 0 saturated carbocycles. The lowest BCUT2D eigenvalue weighted by molar-refractivity contribution is 0.0806. The quantitative estimate of drug-likeness (QED) is 0.766. The first kappa shape index (κ1) is 10.9. The number of anilines is 1.